The predicted octanol–water partition coefficient (Wildman–Crippen LogP) is 3.68. The lowest BCUT2D eigenvalue weighted by molar-refractivity contribution is -0.114. The molecule has 9 heteroatoms. The lowest BCUT2D eigenvalue weighted by Gasteiger charge is -2.14. The number of carbonyl (C=O) groups is 2. The van der Waals surface area contributed by atoms with E-state index >= 15 is 0 Å². The first kappa shape index (κ1) is 22.6. The number of amides is 2. The molecule has 1 fully saturated rings. The molecule has 1 saturated heterocycles. The summed E-state index contributed by atoms with van der Waals surface area (Å²) in [5.74, 6) is 0.316. The molecule has 164 valence electrons. The van der Waals surface area contributed by atoms with Gasteiger partial charge in [0.15, 0.2) is 0 Å². The van der Waals surface area contributed by atoms with E-state index < -0.39 is 0 Å². The molecule has 0 radical (unpaired) electrons. The first-order valence-electron chi connectivity index (χ1n) is 9.90. The van der Waals surface area contributed by atoms with Gasteiger partial charge in [0.05, 0.1) is 24.8 Å². The molecule has 1 aliphatic heterocycles. The van der Waals surface area contributed by atoms with E-state index in [0.29, 0.717) is 34.3 Å². The zero-order valence-corrected chi connectivity index (χ0v) is 18.2. The van der Waals surface area contributed by atoms with Crippen LogP contribution in [0, 0.1) is 0 Å². The zero-order valence-electron chi connectivity index (χ0n) is 17.4. The molecular weight excluding hydrogens is 420 g/mol. The summed E-state index contributed by atoms with van der Waals surface area (Å²) in [6, 6.07) is 11.8. The van der Waals surface area contributed by atoms with E-state index in [1.165, 1.54) is 6.92 Å². The molecule has 2 aromatic carbocycles. The summed E-state index contributed by atoms with van der Waals surface area (Å²) < 4.78 is 10.8. The van der Waals surface area contributed by atoms with Gasteiger partial charge in [-0.2, -0.15) is 0 Å². The van der Waals surface area contributed by atoms with Gasteiger partial charge in [-0.05, 0) is 55.3 Å². The van der Waals surface area contributed by atoms with E-state index in [-0.39, 0.29) is 23.9 Å². The topological polar surface area (TPSA) is 101 Å². The number of nitrogens with one attached hydrogen (secondary N) is 3. The van der Waals surface area contributed by atoms with Gasteiger partial charge in [-0.15, -0.1) is 0 Å². The van der Waals surface area contributed by atoms with Crippen LogP contribution in [0.25, 0.3) is 0 Å². The largest absolute Gasteiger partial charge is 0.495 e. The van der Waals surface area contributed by atoms with Gasteiger partial charge in [-0.3, -0.25) is 14.9 Å². The summed E-state index contributed by atoms with van der Waals surface area (Å²) in [5, 5.41) is 9.00. The average molecular weight is 445 g/mol. The Balaban J connectivity index is 1.73. The number of halogens is 1. The normalized spacial score (nSPS) is 16.0. The molecule has 2 aromatic rings. The predicted molar refractivity (Wildman–Crippen MR) is 121 cm³/mol. The van der Waals surface area contributed by atoms with Crippen molar-refractivity contribution in [3.05, 3.63) is 53.1 Å². The minimum Gasteiger partial charge on any atom is -0.495 e. The number of ether oxygens (including phenoxy) is 2. The molecule has 3 rings (SSSR count). The first-order chi connectivity index (χ1) is 14.9. The molecule has 31 heavy (non-hydrogen) atoms. The Kier molecular flexibility index (Phi) is 7.86. The molecule has 0 spiro atoms. The fourth-order valence-electron chi connectivity index (χ4n) is 3.06. The second-order valence-corrected chi connectivity index (χ2v) is 7.42. The number of aliphatic imine (C=N–C) groups is 1. The maximum atomic E-state index is 12.7. The van der Waals surface area contributed by atoms with Crippen molar-refractivity contribution in [3.63, 3.8) is 0 Å². The highest BCUT2D eigenvalue weighted by Gasteiger charge is 2.16. The first-order valence-corrected chi connectivity index (χ1v) is 10.3. The number of rotatable bonds is 6. The van der Waals surface area contributed by atoms with Crippen LogP contribution < -0.4 is 20.7 Å². The molecule has 2 amide bonds. The van der Waals surface area contributed by atoms with Crippen LogP contribution in [0.3, 0.4) is 0 Å². The number of hydrogen-bond donors (Lipinski definition) is 3. The van der Waals surface area contributed by atoms with Gasteiger partial charge in [0.25, 0.3) is 5.91 Å². The molecule has 1 heterocycles. The highest BCUT2D eigenvalue weighted by molar-refractivity contribution is 6.32. The van der Waals surface area contributed by atoms with E-state index in [1.807, 2.05) is 0 Å². The Labute approximate surface area is 186 Å². The maximum Gasteiger partial charge on any atom is 0.257 e. The third-order valence-electron chi connectivity index (χ3n) is 4.59. The number of hydrogen-bond acceptors (Lipinski definition) is 5. The van der Waals surface area contributed by atoms with E-state index in [1.54, 1.807) is 49.6 Å². The highest BCUT2D eigenvalue weighted by Crippen LogP contribution is 2.27. The van der Waals surface area contributed by atoms with Gasteiger partial charge < -0.3 is 20.1 Å². The quantitative estimate of drug-likeness (QED) is 0.466. The van der Waals surface area contributed by atoms with Crippen LogP contribution in [0.1, 0.15) is 30.1 Å². The van der Waals surface area contributed by atoms with Crippen molar-refractivity contribution >= 4 is 40.7 Å². The van der Waals surface area contributed by atoms with Gasteiger partial charge in [-0.25, -0.2) is 4.99 Å². The van der Waals surface area contributed by atoms with Crippen LogP contribution in [0.4, 0.5) is 11.4 Å². The lowest BCUT2D eigenvalue weighted by Crippen LogP contribution is -2.36. The van der Waals surface area contributed by atoms with Crippen LogP contribution in [0.15, 0.2) is 47.5 Å². The maximum absolute atomic E-state index is 12.7. The fourth-order valence-corrected chi connectivity index (χ4v) is 3.32. The van der Waals surface area contributed by atoms with E-state index in [2.05, 4.69) is 20.9 Å². The third kappa shape index (κ3) is 6.70. The summed E-state index contributed by atoms with van der Waals surface area (Å²) in [4.78, 5) is 28.4. The van der Waals surface area contributed by atoms with Crippen LogP contribution in [0.5, 0.6) is 5.75 Å². The van der Waals surface area contributed by atoms with Crippen molar-refractivity contribution in [3.8, 4) is 5.75 Å². The summed E-state index contributed by atoms with van der Waals surface area (Å²) >= 11 is 6.20. The van der Waals surface area contributed by atoms with Crippen molar-refractivity contribution in [2.75, 3.05) is 30.9 Å². The molecule has 1 atom stereocenters. The van der Waals surface area contributed by atoms with Gasteiger partial charge in [0.1, 0.15) is 5.75 Å². The van der Waals surface area contributed by atoms with Gasteiger partial charge in [-0.1, -0.05) is 11.6 Å². The number of benzene rings is 2. The van der Waals surface area contributed by atoms with Crippen molar-refractivity contribution < 1.29 is 19.1 Å². The minimum absolute atomic E-state index is 0.0325. The lowest BCUT2D eigenvalue weighted by atomic mass is 10.2. The Bertz CT molecular complexity index is 956. The number of anilines is 2. The molecule has 8 nitrogen and oxygen atoms in total. The Morgan fingerprint density at radius 2 is 1.90 bits per heavy atom. The summed E-state index contributed by atoms with van der Waals surface area (Å²) in [7, 11) is 1.54. The van der Waals surface area contributed by atoms with Crippen molar-refractivity contribution in [1.29, 1.82) is 0 Å². The van der Waals surface area contributed by atoms with Crippen LogP contribution in [-0.4, -0.2) is 44.1 Å². The monoisotopic (exact) mass is 444 g/mol. The standard InChI is InChI=1S/C22H25ClN4O4/c1-14(28)25-16-7-5-15(6-8-16)21(29)27-22(24-13-18-4-3-11-31-18)26-17-9-10-20(30-2)19(23)12-17/h5-10,12,18H,3-4,11,13H2,1-2H3,(H,25,28)(H2,24,26,27,29). The molecule has 1 unspecified atom stereocenters. The zero-order chi connectivity index (χ0) is 22.2. The Morgan fingerprint density at radius 3 is 2.52 bits per heavy atom. The van der Waals surface area contributed by atoms with Crippen LogP contribution >= 0.6 is 11.6 Å². The third-order valence-corrected chi connectivity index (χ3v) is 4.89. The highest BCUT2D eigenvalue weighted by atomic mass is 35.5. The molecule has 0 saturated carbocycles. The van der Waals surface area contributed by atoms with Gasteiger partial charge in [0.2, 0.25) is 11.9 Å². The van der Waals surface area contributed by atoms with Crippen LogP contribution in [-0.2, 0) is 9.53 Å². The van der Waals surface area contributed by atoms with E-state index in [0.717, 1.165) is 19.4 Å². The second-order valence-electron chi connectivity index (χ2n) is 7.01. The van der Waals surface area contributed by atoms with E-state index in [4.69, 9.17) is 21.1 Å². The van der Waals surface area contributed by atoms with Crippen molar-refractivity contribution in [2.45, 2.75) is 25.9 Å². The number of guanidine groups is 1. The molecule has 0 bridgehead atoms. The second kappa shape index (κ2) is 10.8. The average Bonchev–Trinajstić information content (AvgIpc) is 3.26. The van der Waals surface area contributed by atoms with Gasteiger partial charge >= 0.3 is 0 Å². The molecule has 3 N–H and O–H groups in total. The summed E-state index contributed by atoms with van der Waals surface area (Å²) in [6.07, 6.45) is 1.97. The van der Waals surface area contributed by atoms with Crippen molar-refractivity contribution in [2.24, 2.45) is 4.99 Å². The number of carbonyl (C=O) groups excluding carboxylic acids is 2. The van der Waals surface area contributed by atoms with Gasteiger partial charge in [0, 0.05) is 30.5 Å². The molecule has 1 aliphatic rings. The smallest absolute Gasteiger partial charge is 0.257 e. The van der Waals surface area contributed by atoms with Crippen LogP contribution in [0.2, 0.25) is 5.02 Å². The van der Waals surface area contributed by atoms with E-state index in [9.17, 15) is 9.59 Å². The van der Waals surface area contributed by atoms with Crippen molar-refractivity contribution in [1.82, 2.24) is 5.32 Å². The SMILES string of the molecule is COc1ccc(NC(=NCC2CCCO2)NC(=O)c2ccc(NC(C)=O)cc2)cc1Cl. The fraction of sp³-hybridized carbons (Fsp3) is 0.318. The molecular formula is C22H25ClN4O4. The summed E-state index contributed by atoms with van der Waals surface area (Å²) in [6.45, 7) is 2.58. The Morgan fingerprint density at radius 1 is 1.16 bits per heavy atom. The number of nitrogens with zero attached hydrogens (tertiary/aromatic N) is 1. The molecule has 0 aliphatic carbocycles. The number of methoxy groups -OCH3 is 1. The minimum atomic E-state index is -0.340. The summed E-state index contributed by atoms with van der Waals surface area (Å²) in [5.41, 5.74) is 1.69. The molecule has 0 aromatic heterocycles. The Hall–Kier alpha value is -3.10.